The molecule has 82 valence electrons. The van der Waals surface area contributed by atoms with Gasteiger partial charge in [-0.2, -0.15) is 13.2 Å². The van der Waals surface area contributed by atoms with Gasteiger partial charge in [-0.25, -0.2) is 4.39 Å². The summed E-state index contributed by atoms with van der Waals surface area (Å²) in [6.45, 7) is 1.26. The lowest BCUT2D eigenvalue weighted by molar-refractivity contribution is -0.140. The fourth-order valence-electron chi connectivity index (χ4n) is 1.19. The van der Waals surface area contributed by atoms with Crippen LogP contribution < -0.4 is 0 Å². The van der Waals surface area contributed by atoms with Gasteiger partial charge in [-0.3, -0.25) is 4.79 Å². The van der Waals surface area contributed by atoms with Crippen LogP contribution in [0.25, 0.3) is 0 Å². The molecule has 1 nitrogen and oxygen atoms in total. The van der Waals surface area contributed by atoms with Crippen LogP contribution in [-0.2, 0) is 17.4 Å². The number of hydrogen-bond donors (Lipinski definition) is 0. The van der Waals surface area contributed by atoms with E-state index in [0.29, 0.717) is 6.07 Å². The highest BCUT2D eigenvalue weighted by atomic mass is 19.4. The summed E-state index contributed by atoms with van der Waals surface area (Å²) in [5.41, 5.74) is -1.17. The summed E-state index contributed by atoms with van der Waals surface area (Å²) in [5.74, 6) is -1.59. The van der Waals surface area contributed by atoms with E-state index < -0.39 is 17.6 Å². The standard InChI is InChI=1S/C10H8F4O/c1-6(15)4-7-2-3-9(11)8(5-7)10(12,13)14/h2-3,5H,4H2,1H3. The molecule has 0 amide bonds. The van der Waals surface area contributed by atoms with Crippen LogP contribution in [0, 0.1) is 5.82 Å². The monoisotopic (exact) mass is 220 g/mol. The van der Waals surface area contributed by atoms with Crippen molar-refractivity contribution in [2.45, 2.75) is 19.5 Å². The summed E-state index contributed by atoms with van der Waals surface area (Å²) in [5, 5.41) is 0. The number of alkyl halides is 3. The number of benzene rings is 1. The van der Waals surface area contributed by atoms with Crippen molar-refractivity contribution in [3.63, 3.8) is 0 Å². The van der Waals surface area contributed by atoms with Crippen LogP contribution in [0.4, 0.5) is 17.6 Å². The largest absolute Gasteiger partial charge is 0.419 e. The fourth-order valence-corrected chi connectivity index (χ4v) is 1.19. The molecule has 1 aromatic carbocycles. The maximum absolute atomic E-state index is 12.8. The SMILES string of the molecule is CC(=O)Cc1ccc(F)c(C(F)(F)F)c1. The van der Waals surface area contributed by atoms with Crippen molar-refractivity contribution < 1.29 is 22.4 Å². The molecule has 0 saturated carbocycles. The van der Waals surface area contributed by atoms with Crippen molar-refractivity contribution in [2.24, 2.45) is 0 Å². The molecule has 15 heavy (non-hydrogen) atoms. The number of carbonyl (C=O) groups excluding carboxylic acids is 1. The van der Waals surface area contributed by atoms with Crippen molar-refractivity contribution >= 4 is 5.78 Å². The Labute approximate surface area is 83.7 Å². The topological polar surface area (TPSA) is 17.1 Å². The van der Waals surface area contributed by atoms with Gasteiger partial charge in [0.2, 0.25) is 0 Å². The average Bonchev–Trinajstić information content (AvgIpc) is 2.05. The quantitative estimate of drug-likeness (QED) is 0.700. The van der Waals surface area contributed by atoms with Gasteiger partial charge in [0.05, 0.1) is 5.56 Å². The van der Waals surface area contributed by atoms with Crippen LogP contribution in [0.5, 0.6) is 0 Å². The Morgan fingerprint density at radius 1 is 1.33 bits per heavy atom. The highest BCUT2D eigenvalue weighted by molar-refractivity contribution is 5.78. The minimum absolute atomic E-state index is 0.122. The van der Waals surface area contributed by atoms with E-state index in [4.69, 9.17) is 0 Å². The molecule has 0 aromatic heterocycles. The molecule has 0 unspecified atom stereocenters. The minimum Gasteiger partial charge on any atom is -0.300 e. The van der Waals surface area contributed by atoms with E-state index in [1.807, 2.05) is 0 Å². The van der Waals surface area contributed by atoms with E-state index in [1.165, 1.54) is 13.0 Å². The van der Waals surface area contributed by atoms with Crippen molar-refractivity contribution in [1.82, 2.24) is 0 Å². The second kappa shape index (κ2) is 4.00. The maximum Gasteiger partial charge on any atom is 0.419 e. The van der Waals surface area contributed by atoms with Gasteiger partial charge in [-0.05, 0) is 24.6 Å². The van der Waals surface area contributed by atoms with Gasteiger partial charge in [-0.15, -0.1) is 0 Å². The fraction of sp³-hybridized carbons (Fsp3) is 0.300. The molecule has 1 rings (SSSR count). The lowest BCUT2D eigenvalue weighted by Crippen LogP contribution is -2.09. The minimum atomic E-state index is -4.73. The molecule has 5 heteroatoms. The van der Waals surface area contributed by atoms with E-state index in [2.05, 4.69) is 0 Å². The summed E-state index contributed by atoms with van der Waals surface area (Å²) < 4.78 is 49.5. The van der Waals surface area contributed by atoms with E-state index in [9.17, 15) is 22.4 Å². The first-order valence-electron chi connectivity index (χ1n) is 4.16. The molecule has 0 N–H and O–H groups in total. The smallest absolute Gasteiger partial charge is 0.300 e. The molecular weight excluding hydrogens is 212 g/mol. The molecule has 0 spiro atoms. The lowest BCUT2D eigenvalue weighted by atomic mass is 10.1. The van der Waals surface area contributed by atoms with E-state index in [1.54, 1.807) is 0 Å². The van der Waals surface area contributed by atoms with Gasteiger partial charge in [0.25, 0.3) is 0 Å². The summed E-state index contributed by atoms with van der Waals surface area (Å²) >= 11 is 0. The number of rotatable bonds is 2. The second-order valence-electron chi connectivity index (χ2n) is 3.19. The zero-order chi connectivity index (χ0) is 11.6. The molecule has 0 aliphatic heterocycles. The first-order chi connectivity index (χ1) is 6.80. The second-order valence-corrected chi connectivity index (χ2v) is 3.19. The molecule has 0 radical (unpaired) electrons. The Balaban J connectivity index is 3.11. The molecular formula is C10H8F4O. The third kappa shape index (κ3) is 3.04. The van der Waals surface area contributed by atoms with Gasteiger partial charge < -0.3 is 0 Å². The van der Waals surface area contributed by atoms with Crippen molar-refractivity contribution in [3.05, 3.63) is 35.1 Å². The van der Waals surface area contributed by atoms with E-state index in [0.717, 1.165) is 6.07 Å². The molecule has 1 aromatic rings. The molecule has 0 heterocycles. The van der Waals surface area contributed by atoms with Gasteiger partial charge in [0.15, 0.2) is 0 Å². The summed E-state index contributed by atoms with van der Waals surface area (Å²) in [7, 11) is 0. The Hall–Kier alpha value is -1.39. The highest BCUT2D eigenvalue weighted by Crippen LogP contribution is 2.31. The molecule has 0 aliphatic rings. The van der Waals surface area contributed by atoms with Crippen LogP contribution in [0.2, 0.25) is 0 Å². The van der Waals surface area contributed by atoms with Crippen LogP contribution in [0.15, 0.2) is 18.2 Å². The highest BCUT2D eigenvalue weighted by Gasteiger charge is 2.34. The molecule has 0 saturated heterocycles. The van der Waals surface area contributed by atoms with Crippen LogP contribution in [0.1, 0.15) is 18.1 Å². The molecule has 0 fully saturated rings. The Morgan fingerprint density at radius 3 is 2.40 bits per heavy atom. The number of hydrogen-bond acceptors (Lipinski definition) is 1. The van der Waals surface area contributed by atoms with E-state index >= 15 is 0 Å². The van der Waals surface area contributed by atoms with Crippen molar-refractivity contribution in [2.75, 3.05) is 0 Å². The average molecular weight is 220 g/mol. The predicted molar refractivity (Wildman–Crippen MR) is 45.8 cm³/mol. The summed E-state index contributed by atoms with van der Waals surface area (Å²) in [6.07, 6.45) is -4.85. The molecule has 0 atom stereocenters. The zero-order valence-electron chi connectivity index (χ0n) is 7.86. The summed E-state index contributed by atoms with van der Waals surface area (Å²) in [6, 6.07) is 2.56. The number of halogens is 4. The third-order valence-electron chi connectivity index (χ3n) is 1.79. The molecule has 0 bridgehead atoms. The van der Waals surface area contributed by atoms with Gasteiger partial charge in [-0.1, -0.05) is 6.07 Å². The Bertz CT molecular complexity index is 381. The number of carbonyl (C=O) groups is 1. The molecule has 0 aliphatic carbocycles. The van der Waals surface area contributed by atoms with E-state index in [-0.39, 0.29) is 17.8 Å². The number of ketones is 1. The lowest BCUT2D eigenvalue weighted by Gasteiger charge is -2.09. The normalized spacial score (nSPS) is 11.5. The Morgan fingerprint density at radius 2 is 1.93 bits per heavy atom. The first-order valence-corrected chi connectivity index (χ1v) is 4.16. The van der Waals surface area contributed by atoms with Crippen molar-refractivity contribution in [3.8, 4) is 0 Å². The summed E-state index contributed by atoms with van der Waals surface area (Å²) in [4.78, 5) is 10.7. The zero-order valence-corrected chi connectivity index (χ0v) is 7.86. The van der Waals surface area contributed by atoms with Gasteiger partial charge in [0, 0.05) is 6.42 Å². The van der Waals surface area contributed by atoms with Crippen LogP contribution in [0.3, 0.4) is 0 Å². The van der Waals surface area contributed by atoms with Gasteiger partial charge in [0.1, 0.15) is 11.6 Å². The van der Waals surface area contributed by atoms with Crippen molar-refractivity contribution in [1.29, 1.82) is 0 Å². The van der Waals surface area contributed by atoms with Crippen LogP contribution in [-0.4, -0.2) is 5.78 Å². The van der Waals surface area contributed by atoms with Crippen LogP contribution >= 0.6 is 0 Å². The number of Topliss-reactive ketones (excluding diaryl/α,β-unsaturated/α-hetero) is 1. The predicted octanol–water partition coefficient (Wildman–Crippen LogP) is 2.98. The third-order valence-corrected chi connectivity index (χ3v) is 1.79. The maximum atomic E-state index is 12.8. The first kappa shape index (κ1) is 11.7. The van der Waals surface area contributed by atoms with Gasteiger partial charge >= 0.3 is 6.18 Å². The Kier molecular flexibility index (Phi) is 3.12.